The van der Waals surface area contributed by atoms with Gasteiger partial charge in [-0.3, -0.25) is 0 Å². The molecule has 27 heavy (non-hydrogen) atoms. The van der Waals surface area contributed by atoms with E-state index < -0.39 is 17.7 Å². The van der Waals surface area contributed by atoms with E-state index in [4.69, 9.17) is 4.74 Å². The highest BCUT2D eigenvalue weighted by Crippen LogP contribution is 2.37. The van der Waals surface area contributed by atoms with Gasteiger partial charge in [0.15, 0.2) is 0 Å². The Morgan fingerprint density at radius 2 is 1.63 bits per heavy atom. The van der Waals surface area contributed by atoms with Crippen LogP contribution in [0.4, 0.5) is 13.2 Å². The molecule has 0 aromatic heterocycles. The van der Waals surface area contributed by atoms with Crippen LogP contribution in [0.25, 0.3) is 11.1 Å². The summed E-state index contributed by atoms with van der Waals surface area (Å²) in [7, 11) is 0. The number of aromatic carboxylic acids is 1. The number of carbonyl (C=O) groups is 1. The van der Waals surface area contributed by atoms with Crippen molar-refractivity contribution < 1.29 is 27.8 Å². The Balaban J connectivity index is 2.05. The number of alkyl halides is 3. The Bertz CT molecular complexity index is 950. The third kappa shape index (κ3) is 4.28. The summed E-state index contributed by atoms with van der Waals surface area (Å²) >= 11 is 0. The zero-order valence-electron chi connectivity index (χ0n) is 14.0. The Morgan fingerprint density at radius 1 is 0.926 bits per heavy atom. The quantitative estimate of drug-likeness (QED) is 0.630. The first kappa shape index (κ1) is 18.5. The standard InChI is InChI=1S/C21H15F3O3/c22-21(23,24)16-9-4-8-15(12-16)17-10-5-11-18(20(25)26)19(17)27-13-14-6-2-1-3-7-14/h1-12H,13H2,(H,25,26). The second-order valence-electron chi connectivity index (χ2n) is 5.84. The number of halogens is 3. The molecule has 0 heterocycles. The monoisotopic (exact) mass is 372 g/mol. The number of carboxylic acids is 1. The fourth-order valence-corrected chi connectivity index (χ4v) is 2.68. The molecule has 0 saturated heterocycles. The fraction of sp³-hybridized carbons (Fsp3) is 0.0952. The maximum Gasteiger partial charge on any atom is 0.416 e. The molecule has 3 nitrogen and oxygen atoms in total. The smallest absolute Gasteiger partial charge is 0.416 e. The minimum Gasteiger partial charge on any atom is -0.487 e. The predicted octanol–water partition coefficient (Wildman–Crippen LogP) is 5.65. The molecule has 0 aliphatic rings. The van der Waals surface area contributed by atoms with Gasteiger partial charge in [0.25, 0.3) is 0 Å². The van der Waals surface area contributed by atoms with Gasteiger partial charge in [0.05, 0.1) is 5.56 Å². The highest BCUT2D eigenvalue weighted by Gasteiger charge is 2.30. The molecule has 3 rings (SSSR count). The molecular formula is C21H15F3O3. The van der Waals surface area contributed by atoms with Crippen molar-refractivity contribution in [3.8, 4) is 16.9 Å². The van der Waals surface area contributed by atoms with E-state index >= 15 is 0 Å². The van der Waals surface area contributed by atoms with Crippen molar-refractivity contribution in [2.45, 2.75) is 12.8 Å². The Labute approximate surface area is 153 Å². The lowest BCUT2D eigenvalue weighted by Gasteiger charge is -2.15. The molecule has 0 amide bonds. The van der Waals surface area contributed by atoms with Crippen molar-refractivity contribution in [2.24, 2.45) is 0 Å². The molecule has 0 bridgehead atoms. The van der Waals surface area contributed by atoms with Crippen LogP contribution in [0.1, 0.15) is 21.5 Å². The summed E-state index contributed by atoms with van der Waals surface area (Å²) in [5, 5.41) is 9.46. The number of rotatable bonds is 5. The van der Waals surface area contributed by atoms with Gasteiger partial charge in [-0.25, -0.2) is 4.79 Å². The van der Waals surface area contributed by atoms with Crippen LogP contribution < -0.4 is 4.74 Å². The average Bonchev–Trinajstić information content (AvgIpc) is 2.66. The normalized spacial score (nSPS) is 11.2. The van der Waals surface area contributed by atoms with Gasteiger partial charge in [0.1, 0.15) is 17.9 Å². The van der Waals surface area contributed by atoms with Crippen molar-refractivity contribution in [1.82, 2.24) is 0 Å². The molecule has 138 valence electrons. The Morgan fingerprint density at radius 3 is 2.30 bits per heavy atom. The van der Waals surface area contributed by atoms with E-state index in [1.807, 2.05) is 30.3 Å². The van der Waals surface area contributed by atoms with E-state index in [-0.39, 0.29) is 29.0 Å². The summed E-state index contributed by atoms with van der Waals surface area (Å²) in [5.74, 6) is -1.18. The summed E-state index contributed by atoms with van der Waals surface area (Å²) in [6.45, 7) is 0.0943. The van der Waals surface area contributed by atoms with Crippen LogP contribution in [-0.4, -0.2) is 11.1 Å². The summed E-state index contributed by atoms with van der Waals surface area (Å²) in [6.07, 6.45) is -4.49. The van der Waals surface area contributed by atoms with Crippen LogP contribution in [0, 0.1) is 0 Å². The molecule has 0 spiro atoms. The van der Waals surface area contributed by atoms with Gasteiger partial charge in [-0.1, -0.05) is 54.6 Å². The minimum absolute atomic E-state index is 0.0353. The van der Waals surface area contributed by atoms with E-state index in [2.05, 4.69) is 0 Å². The van der Waals surface area contributed by atoms with Crippen LogP contribution in [0.5, 0.6) is 5.75 Å². The molecule has 3 aromatic rings. The summed E-state index contributed by atoms with van der Waals surface area (Å²) in [5.41, 5.74) is 0.413. The predicted molar refractivity (Wildman–Crippen MR) is 94.6 cm³/mol. The molecule has 6 heteroatoms. The highest BCUT2D eigenvalue weighted by atomic mass is 19.4. The number of benzene rings is 3. The van der Waals surface area contributed by atoms with Crippen LogP contribution in [0.3, 0.4) is 0 Å². The number of para-hydroxylation sites is 1. The fourth-order valence-electron chi connectivity index (χ4n) is 2.68. The minimum atomic E-state index is -4.49. The maximum absolute atomic E-state index is 13.0. The summed E-state index contributed by atoms with van der Waals surface area (Å²) < 4.78 is 44.8. The summed E-state index contributed by atoms with van der Waals surface area (Å²) in [6, 6.07) is 18.2. The average molecular weight is 372 g/mol. The molecule has 0 atom stereocenters. The molecular weight excluding hydrogens is 357 g/mol. The number of carboxylic acid groups (broad SMARTS) is 1. The lowest BCUT2D eigenvalue weighted by Crippen LogP contribution is -2.06. The van der Waals surface area contributed by atoms with E-state index in [0.717, 1.165) is 17.7 Å². The lowest BCUT2D eigenvalue weighted by molar-refractivity contribution is -0.137. The second kappa shape index (κ2) is 7.53. The number of hydrogen-bond donors (Lipinski definition) is 1. The molecule has 0 aliphatic carbocycles. The second-order valence-corrected chi connectivity index (χ2v) is 5.84. The molecule has 3 aromatic carbocycles. The topological polar surface area (TPSA) is 46.5 Å². The van der Waals surface area contributed by atoms with Gasteiger partial charge in [0.2, 0.25) is 0 Å². The zero-order valence-corrected chi connectivity index (χ0v) is 14.0. The van der Waals surface area contributed by atoms with Crippen LogP contribution in [0.2, 0.25) is 0 Å². The third-order valence-electron chi connectivity index (χ3n) is 3.97. The molecule has 0 radical (unpaired) electrons. The summed E-state index contributed by atoms with van der Waals surface area (Å²) in [4.78, 5) is 11.6. The van der Waals surface area contributed by atoms with E-state index in [9.17, 15) is 23.1 Å². The van der Waals surface area contributed by atoms with Crippen LogP contribution in [-0.2, 0) is 12.8 Å². The Kier molecular flexibility index (Phi) is 5.16. The number of ether oxygens (including phenoxy) is 1. The number of hydrogen-bond acceptors (Lipinski definition) is 2. The van der Waals surface area contributed by atoms with Gasteiger partial charge in [0, 0.05) is 5.56 Å². The van der Waals surface area contributed by atoms with Crippen molar-refractivity contribution in [2.75, 3.05) is 0 Å². The van der Waals surface area contributed by atoms with Crippen molar-refractivity contribution in [3.05, 3.63) is 89.5 Å². The van der Waals surface area contributed by atoms with Gasteiger partial charge in [-0.15, -0.1) is 0 Å². The maximum atomic E-state index is 13.0. The SMILES string of the molecule is O=C(O)c1cccc(-c2cccc(C(F)(F)F)c2)c1OCc1ccccc1. The largest absolute Gasteiger partial charge is 0.487 e. The Hall–Kier alpha value is -3.28. The van der Waals surface area contributed by atoms with Crippen molar-refractivity contribution >= 4 is 5.97 Å². The first-order valence-electron chi connectivity index (χ1n) is 8.07. The molecule has 0 unspecified atom stereocenters. The highest BCUT2D eigenvalue weighted by molar-refractivity contribution is 5.94. The lowest BCUT2D eigenvalue weighted by atomic mass is 9.99. The van der Waals surface area contributed by atoms with Gasteiger partial charge < -0.3 is 9.84 Å². The first-order chi connectivity index (χ1) is 12.9. The van der Waals surface area contributed by atoms with Gasteiger partial charge in [-0.2, -0.15) is 13.2 Å². The third-order valence-corrected chi connectivity index (χ3v) is 3.97. The van der Waals surface area contributed by atoms with Gasteiger partial charge >= 0.3 is 12.1 Å². The molecule has 0 aliphatic heterocycles. The molecule has 1 N–H and O–H groups in total. The zero-order chi connectivity index (χ0) is 19.4. The van der Waals surface area contributed by atoms with E-state index in [1.54, 1.807) is 6.07 Å². The van der Waals surface area contributed by atoms with Crippen LogP contribution >= 0.6 is 0 Å². The van der Waals surface area contributed by atoms with E-state index in [0.29, 0.717) is 0 Å². The first-order valence-corrected chi connectivity index (χ1v) is 8.07. The molecule has 0 fully saturated rings. The van der Waals surface area contributed by atoms with E-state index in [1.165, 1.54) is 24.3 Å². The van der Waals surface area contributed by atoms with Crippen molar-refractivity contribution in [3.63, 3.8) is 0 Å². The van der Waals surface area contributed by atoms with Crippen molar-refractivity contribution in [1.29, 1.82) is 0 Å². The van der Waals surface area contributed by atoms with Crippen LogP contribution in [0.15, 0.2) is 72.8 Å². The molecule has 0 saturated carbocycles. The van der Waals surface area contributed by atoms with Gasteiger partial charge in [-0.05, 0) is 29.3 Å².